The number of piperazine rings is 1. The average Bonchev–Trinajstić information content (AvgIpc) is 2.33. The normalized spacial score (nSPS) is 28.2. The Hall–Kier alpha value is -0.200. The smallest absolute Gasteiger partial charge is 0.0794 e. The van der Waals surface area contributed by atoms with Crippen molar-refractivity contribution >= 4 is 0 Å². The van der Waals surface area contributed by atoms with Gasteiger partial charge in [-0.15, -0.1) is 0 Å². The fraction of sp³-hybridized carbons (Fsp3) is 1.00. The van der Waals surface area contributed by atoms with Gasteiger partial charge in [-0.05, 0) is 13.8 Å². The van der Waals surface area contributed by atoms with Gasteiger partial charge in [0, 0.05) is 51.4 Å². The third kappa shape index (κ3) is 3.90. The molecule has 1 unspecified atom stereocenters. The molecule has 0 aliphatic carbocycles. The summed E-state index contributed by atoms with van der Waals surface area (Å²) in [4.78, 5) is 4.69. The van der Waals surface area contributed by atoms with Gasteiger partial charge in [-0.1, -0.05) is 0 Å². The maximum absolute atomic E-state index is 10.2. The molecule has 0 radical (unpaired) electrons. The first-order chi connectivity index (χ1) is 8.58. The Morgan fingerprint density at radius 1 is 1.22 bits per heavy atom. The van der Waals surface area contributed by atoms with Crippen LogP contribution in [0.4, 0.5) is 0 Å². The van der Waals surface area contributed by atoms with Crippen LogP contribution in [0.1, 0.15) is 13.8 Å². The molecule has 0 aromatic rings. The molecule has 106 valence electrons. The summed E-state index contributed by atoms with van der Waals surface area (Å²) >= 11 is 0. The maximum Gasteiger partial charge on any atom is 0.0794 e. The zero-order valence-electron chi connectivity index (χ0n) is 11.7. The van der Waals surface area contributed by atoms with E-state index in [1.54, 1.807) is 0 Å². The minimum Gasteiger partial charge on any atom is -0.390 e. The summed E-state index contributed by atoms with van der Waals surface area (Å²) in [6, 6.07) is 0. The monoisotopic (exact) mass is 257 g/mol. The van der Waals surface area contributed by atoms with Crippen molar-refractivity contribution < 1.29 is 9.84 Å². The molecule has 2 N–H and O–H groups in total. The summed E-state index contributed by atoms with van der Waals surface area (Å²) in [5.74, 6) is 0. The van der Waals surface area contributed by atoms with Gasteiger partial charge < -0.3 is 15.2 Å². The predicted octanol–water partition coefficient (Wildman–Crippen LogP) is -0.637. The highest BCUT2D eigenvalue weighted by Gasteiger charge is 2.31. The average molecular weight is 257 g/mol. The molecule has 0 aromatic carbocycles. The summed E-state index contributed by atoms with van der Waals surface area (Å²) in [5.41, 5.74) is 0.0443. The maximum atomic E-state index is 10.2. The zero-order chi connectivity index (χ0) is 13.0. The van der Waals surface area contributed by atoms with E-state index in [0.29, 0.717) is 0 Å². The van der Waals surface area contributed by atoms with Crippen LogP contribution < -0.4 is 5.32 Å². The zero-order valence-corrected chi connectivity index (χ0v) is 11.7. The SMILES string of the molecule is CC1(C)COCCN1CC(O)CN1CCNCC1. The molecular formula is C13H27N3O2. The summed E-state index contributed by atoms with van der Waals surface area (Å²) in [6.45, 7) is 12.5. The third-order valence-electron chi connectivity index (χ3n) is 3.93. The van der Waals surface area contributed by atoms with Gasteiger partial charge in [0.25, 0.3) is 0 Å². The summed E-state index contributed by atoms with van der Waals surface area (Å²) in [5, 5.41) is 13.6. The van der Waals surface area contributed by atoms with Crippen LogP contribution in [0.3, 0.4) is 0 Å². The molecular weight excluding hydrogens is 230 g/mol. The Labute approximate surface area is 110 Å². The van der Waals surface area contributed by atoms with Crippen LogP contribution in [0.15, 0.2) is 0 Å². The standard InChI is InChI=1S/C13H27N3O2/c1-13(2)11-18-8-7-16(13)10-12(17)9-15-5-3-14-4-6-15/h12,14,17H,3-11H2,1-2H3. The molecule has 5 nitrogen and oxygen atoms in total. The molecule has 0 bridgehead atoms. The minimum absolute atomic E-state index is 0.0443. The summed E-state index contributed by atoms with van der Waals surface area (Å²) in [7, 11) is 0. The second kappa shape index (κ2) is 6.30. The second-order valence-electron chi connectivity index (χ2n) is 6.02. The number of aliphatic hydroxyl groups excluding tert-OH is 1. The summed E-state index contributed by atoms with van der Waals surface area (Å²) in [6.07, 6.45) is -0.263. The minimum atomic E-state index is -0.263. The fourth-order valence-corrected chi connectivity index (χ4v) is 2.73. The molecule has 2 saturated heterocycles. The number of aliphatic hydroxyl groups is 1. The number of ether oxygens (including phenoxy) is 1. The highest BCUT2D eigenvalue weighted by atomic mass is 16.5. The van der Waals surface area contributed by atoms with E-state index in [1.807, 2.05) is 0 Å². The van der Waals surface area contributed by atoms with Crippen molar-refractivity contribution in [3.63, 3.8) is 0 Å². The largest absolute Gasteiger partial charge is 0.390 e. The van der Waals surface area contributed by atoms with Crippen molar-refractivity contribution in [3.05, 3.63) is 0 Å². The van der Waals surface area contributed by atoms with E-state index in [9.17, 15) is 5.11 Å². The van der Waals surface area contributed by atoms with Crippen molar-refractivity contribution in [2.24, 2.45) is 0 Å². The second-order valence-corrected chi connectivity index (χ2v) is 6.02. The number of β-amino-alcohol motifs (C(OH)–C–C–N with tert-alkyl or cyclic N) is 1. The highest BCUT2D eigenvalue weighted by molar-refractivity contribution is 4.86. The molecule has 0 spiro atoms. The number of morpholine rings is 1. The van der Waals surface area contributed by atoms with E-state index in [2.05, 4.69) is 29.0 Å². The Bertz CT molecular complexity index is 255. The third-order valence-corrected chi connectivity index (χ3v) is 3.93. The van der Waals surface area contributed by atoms with Crippen molar-refractivity contribution in [2.45, 2.75) is 25.5 Å². The molecule has 0 aromatic heterocycles. The Morgan fingerprint density at radius 2 is 1.94 bits per heavy atom. The number of rotatable bonds is 4. The molecule has 18 heavy (non-hydrogen) atoms. The number of nitrogens with one attached hydrogen (secondary N) is 1. The molecule has 5 heteroatoms. The summed E-state index contributed by atoms with van der Waals surface area (Å²) < 4.78 is 5.50. The van der Waals surface area contributed by atoms with Crippen LogP contribution in [-0.4, -0.2) is 85.6 Å². The van der Waals surface area contributed by atoms with E-state index >= 15 is 0 Å². The van der Waals surface area contributed by atoms with Gasteiger partial charge in [-0.3, -0.25) is 9.80 Å². The van der Waals surface area contributed by atoms with Crippen molar-refractivity contribution in [3.8, 4) is 0 Å². The van der Waals surface area contributed by atoms with Gasteiger partial charge in [0.2, 0.25) is 0 Å². The lowest BCUT2D eigenvalue weighted by atomic mass is 10.0. The van der Waals surface area contributed by atoms with Crippen LogP contribution in [0.2, 0.25) is 0 Å². The van der Waals surface area contributed by atoms with Gasteiger partial charge in [0.1, 0.15) is 0 Å². The van der Waals surface area contributed by atoms with Crippen molar-refractivity contribution in [1.82, 2.24) is 15.1 Å². The number of hydrogen-bond acceptors (Lipinski definition) is 5. The predicted molar refractivity (Wildman–Crippen MR) is 71.8 cm³/mol. The van der Waals surface area contributed by atoms with Crippen LogP contribution >= 0.6 is 0 Å². The fourth-order valence-electron chi connectivity index (χ4n) is 2.73. The lowest BCUT2D eigenvalue weighted by molar-refractivity contribution is -0.0694. The van der Waals surface area contributed by atoms with E-state index in [1.165, 1.54) is 0 Å². The number of nitrogens with zero attached hydrogens (tertiary/aromatic N) is 2. The first kappa shape index (κ1) is 14.2. The van der Waals surface area contributed by atoms with Crippen LogP contribution in [0, 0.1) is 0 Å². The van der Waals surface area contributed by atoms with E-state index < -0.39 is 0 Å². The van der Waals surface area contributed by atoms with Gasteiger partial charge >= 0.3 is 0 Å². The van der Waals surface area contributed by atoms with E-state index in [4.69, 9.17) is 4.74 Å². The topological polar surface area (TPSA) is 48.0 Å². The van der Waals surface area contributed by atoms with Crippen molar-refractivity contribution in [1.29, 1.82) is 0 Å². The van der Waals surface area contributed by atoms with Gasteiger partial charge in [-0.25, -0.2) is 0 Å². The molecule has 2 heterocycles. The first-order valence-corrected chi connectivity index (χ1v) is 7.02. The molecule has 2 aliphatic rings. The molecule has 2 rings (SSSR count). The van der Waals surface area contributed by atoms with E-state index in [-0.39, 0.29) is 11.6 Å². The van der Waals surface area contributed by atoms with Crippen LogP contribution in [-0.2, 0) is 4.74 Å². The first-order valence-electron chi connectivity index (χ1n) is 7.02. The quantitative estimate of drug-likeness (QED) is 0.702. The van der Waals surface area contributed by atoms with Crippen molar-refractivity contribution in [2.75, 3.05) is 59.0 Å². The number of hydrogen-bond donors (Lipinski definition) is 2. The molecule has 1 atom stereocenters. The van der Waals surface area contributed by atoms with Gasteiger partial charge in [-0.2, -0.15) is 0 Å². The Morgan fingerprint density at radius 3 is 2.61 bits per heavy atom. The van der Waals surface area contributed by atoms with Crippen LogP contribution in [0.25, 0.3) is 0 Å². The molecule has 2 aliphatic heterocycles. The molecule has 2 fully saturated rings. The van der Waals surface area contributed by atoms with E-state index in [0.717, 1.165) is 59.0 Å². The lowest BCUT2D eigenvalue weighted by Gasteiger charge is -2.43. The lowest BCUT2D eigenvalue weighted by Crippen LogP contribution is -2.56. The molecule has 0 saturated carbocycles. The van der Waals surface area contributed by atoms with Gasteiger partial charge in [0.05, 0.1) is 19.3 Å². The highest BCUT2D eigenvalue weighted by Crippen LogP contribution is 2.19. The van der Waals surface area contributed by atoms with Crippen LogP contribution in [0.5, 0.6) is 0 Å². The van der Waals surface area contributed by atoms with Gasteiger partial charge in [0.15, 0.2) is 0 Å². The Balaban J connectivity index is 1.77. The Kier molecular flexibility index (Phi) is 4.98. The molecule has 0 amide bonds.